The van der Waals surface area contributed by atoms with E-state index in [1.807, 2.05) is 0 Å². The molecular weight excluding hydrogens is 349 g/mol. The first-order valence-electron chi connectivity index (χ1n) is 7.20. The van der Waals surface area contributed by atoms with Gasteiger partial charge in [-0.3, -0.25) is 9.69 Å². The van der Waals surface area contributed by atoms with Crippen molar-refractivity contribution in [3.8, 4) is 0 Å². The number of carbonyl (C=O) groups excluding carboxylic acids is 1. The van der Waals surface area contributed by atoms with Gasteiger partial charge in [0.1, 0.15) is 5.76 Å². The normalized spacial score (nSPS) is 17.7. The number of aliphatic hydroxyl groups excluding tert-OH is 1. The number of hydrogen-bond donors (Lipinski definition) is 1. The van der Waals surface area contributed by atoms with Crippen LogP contribution in [0.3, 0.4) is 0 Å². The molecule has 1 aromatic heterocycles. The van der Waals surface area contributed by atoms with E-state index in [1.165, 1.54) is 25.1 Å². The minimum absolute atomic E-state index is 0.117. The average molecular weight is 361 g/mol. The summed E-state index contributed by atoms with van der Waals surface area (Å²) >= 11 is 0. The van der Waals surface area contributed by atoms with Crippen LogP contribution in [0.5, 0.6) is 0 Å². The number of aliphatic hydroxyl groups is 1. The number of nitrogens with zero attached hydrogens (tertiary/aromatic N) is 1. The zero-order valence-corrected chi connectivity index (χ0v) is 12.8. The third-order valence-corrected chi connectivity index (χ3v) is 3.90. The van der Waals surface area contributed by atoms with Crippen LogP contribution in [-0.4, -0.2) is 11.0 Å². The molecule has 0 saturated carbocycles. The third-order valence-electron chi connectivity index (χ3n) is 3.90. The first-order valence-corrected chi connectivity index (χ1v) is 7.20. The Kier molecular flexibility index (Phi) is 3.86. The van der Waals surface area contributed by atoms with Gasteiger partial charge in [0.05, 0.1) is 23.9 Å². The first-order chi connectivity index (χ1) is 11.5. The molecule has 1 atom stereocenters. The summed E-state index contributed by atoms with van der Waals surface area (Å²) in [7, 11) is 0. The number of amides is 1. The van der Waals surface area contributed by atoms with E-state index in [0.29, 0.717) is 11.0 Å². The molecule has 1 aromatic carbocycles. The quantitative estimate of drug-likeness (QED) is 0.841. The Morgan fingerprint density at radius 1 is 1.24 bits per heavy atom. The van der Waals surface area contributed by atoms with E-state index in [4.69, 9.17) is 0 Å². The van der Waals surface area contributed by atoms with Crippen molar-refractivity contribution in [1.82, 2.24) is 0 Å². The summed E-state index contributed by atoms with van der Waals surface area (Å²) in [6.45, 7) is 0.696. The molecule has 3 rings (SSSR count). The van der Waals surface area contributed by atoms with E-state index in [-0.39, 0.29) is 17.0 Å². The Morgan fingerprint density at radius 3 is 2.48 bits per heavy atom. The zero-order valence-electron chi connectivity index (χ0n) is 12.8. The standard InChI is InChI=1S/C16H12F5NO3/c1-8(23)10-3-2-4-11-13(10)15(17,18)14(24)22(11)7-9-5-6-12(25-9)16(19,20)21/h2-6,8,23H,7H2,1H3/t8-/m0/s1. The van der Waals surface area contributed by atoms with Gasteiger partial charge in [-0.05, 0) is 30.7 Å². The van der Waals surface area contributed by atoms with E-state index < -0.39 is 42.0 Å². The molecule has 1 aliphatic rings. The zero-order chi connectivity index (χ0) is 18.6. The Morgan fingerprint density at radius 2 is 1.92 bits per heavy atom. The Bertz CT molecular complexity index is 825. The number of carbonyl (C=O) groups is 1. The number of furan rings is 1. The van der Waals surface area contributed by atoms with E-state index >= 15 is 0 Å². The lowest BCUT2D eigenvalue weighted by molar-refractivity contribution is -0.153. The molecule has 0 fully saturated rings. The summed E-state index contributed by atoms with van der Waals surface area (Å²) in [4.78, 5) is 12.8. The maximum Gasteiger partial charge on any atom is 0.449 e. The summed E-state index contributed by atoms with van der Waals surface area (Å²) in [6, 6.07) is 5.54. The second-order valence-electron chi connectivity index (χ2n) is 5.65. The molecule has 1 N–H and O–H groups in total. The molecule has 4 nitrogen and oxygen atoms in total. The van der Waals surface area contributed by atoms with Gasteiger partial charge < -0.3 is 9.52 Å². The van der Waals surface area contributed by atoms with Crippen LogP contribution in [0.15, 0.2) is 34.7 Å². The summed E-state index contributed by atoms with van der Waals surface area (Å²) in [5.74, 6) is -7.03. The molecule has 0 aliphatic carbocycles. The second-order valence-corrected chi connectivity index (χ2v) is 5.65. The SMILES string of the molecule is C[C@H](O)c1cccc2c1C(F)(F)C(=O)N2Cc1ccc(C(F)(F)F)o1. The van der Waals surface area contributed by atoms with Crippen molar-refractivity contribution in [1.29, 1.82) is 0 Å². The van der Waals surface area contributed by atoms with Crippen molar-refractivity contribution >= 4 is 11.6 Å². The molecule has 0 saturated heterocycles. The maximum absolute atomic E-state index is 14.4. The molecule has 0 bridgehead atoms. The van der Waals surface area contributed by atoms with E-state index in [1.54, 1.807) is 0 Å². The number of halogens is 5. The minimum atomic E-state index is -4.71. The summed E-state index contributed by atoms with van der Waals surface area (Å²) < 4.78 is 71.1. The number of benzene rings is 1. The maximum atomic E-state index is 14.4. The molecule has 2 heterocycles. The van der Waals surface area contributed by atoms with Crippen molar-refractivity contribution in [2.75, 3.05) is 4.90 Å². The van der Waals surface area contributed by atoms with E-state index in [9.17, 15) is 31.9 Å². The predicted octanol–water partition coefficient (Wildman–Crippen LogP) is 3.99. The molecular formula is C16H12F5NO3. The van der Waals surface area contributed by atoms with E-state index in [0.717, 1.165) is 6.07 Å². The lowest BCUT2D eigenvalue weighted by Crippen LogP contribution is -2.34. The molecule has 25 heavy (non-hydrogen) atoms. The van der Waals surface area contributed by atoms with Gasteiger partial charge in [0.15, 0.2) is 0 Å². The van der Waals surface area contributed by atoms with Crippen LogP contribution in [0.1, 0.15) is 35.7 Å². The molecule has 0 unspecified atom stereocenters. The van der Waals surface area contributed by atoms with Crippen LogP contribution in [-0.2, 0) is 23.4 Å². The summed E-state index contributed by atoms with van der Waals surface area (Å²) in [5, 5.41) is 9.67. The van der Waals surface area contributed by atoms with Crippen molar-refractivity contribution < 1.29 is 36.3 Å². The van der Waals surface area contributed by atoms with E-state index in [2.05, 4.69) is 4.42 Å². The number of fused-ring (bicyclic) bond motifs is 1. The molecule has 0 radical (unpaired) electrons. The van der Waals surface area contributed by atoms with Crippen LogP contribution in [0, 0.1) is 0 Å². The fraction of sp³-hybridized carbons (Fsp3) is 0.312. The fourth-order valence-electron chi connectivity index (χ4n) is 2.79. The number of hydrogen-bond acceptors (Lipinski definition) is 3. The molecule has 9 heteroatoms. The third kappa shape index (κ3) is 2.78. The van der Waals surface area contributed by atoms with Crippen molar-refractivity contribution in [2.45, 2.75) is 31.7 Å². The van der Waals surface area contributed by atoms with Crippen molar-refractivity contribution in [3.63, 3.8) is 0 Å². The van der Waals surface area contributed by atoms with Gasteiger partial charge in [-0.2, -0.15) is 22.0 Å². The minimum Gasteiger partial charge on any atom is -0.455 e. The van der Waals surface area contributed by atoms with Crippen LogP contribution in [0.2, 0.25) is 0 Å². The van der Waals surface area contributed by atoms with Crippen LogP contribution >= 0.6 is 0 Å². The summed E-state index contributed by atoms with van der Waals surface area (Å²) in [5.41, 5.74) is -0.926. The lowest BCUT2D eigenvalue weighted by Gasteiger charge is -2.16. The summed E-state index contributed by atoms with van der Waals surface area (Å²) in [6.07, 6.45) is -5.96. The number of alkyl halides is 5. The molecule has 134 valence electrons. The van der Waals surface area contributed by atoms with Crippen LogP contribution in [0.4, 0.5) is 27.6 Å². The Hall–Kier alpha value is -2.42. The van der Waals surface area contributed by atoms with Gasteiger partial charge in [-0.25, -0.2) is 0 Å². The average Bonchev–Trinajstić information content (AvgIpc) is 3.05. The second kappa shape index (κ2) is 5.55. The van der Waals surface area contributed by atoms with Gasteiger partial charge in [0.25, 0.3) is 0 Å². The van der Waals surface area contributed by atoms with Gasteiger partial charge in [-0.1, -0.05) is 12.1 Å². The first kappa shape index (κ1) is 17.4. The number of rotatable bonds is 3. The highest BCUT2D eigenvalue weighted by Gasteiger charge is 2.54. The number of anilines is 1. The molecule has 1 aliphatic heterocycles. The van der Waals surface area contributed by atoms with Crippen molar-refractivity contribution in [3.05, 3.63) is 53.0 Å². The van der Waals surface area contributed by atoms with Crippen LogP contribution in [0.25, 0.3) is 0 Å². The Labute approximate surface area is 138 Å². The lowest BCUT2D eigenvalue weighted by atomic mass is 9.99. The molecule has 0 spiro atoms. The van der Waals surface area contributed by atoms with Crippen molar-refractivity contribution in [2.24, 2.45) is 0 Å². The Balaban J connectivity index is 2.01. The molecule has 2 aromatic rings. The van der Waals surface area contributed by atoms with Gasteiger partial charge in [-0.15, -0.1) is 0 Å². The highest BCUT2D eigenvalue weighted by molar-refractivity contribution is 6.06. The smallest absolute Gasteiger partial charge is 0.449 e. The molecule has 1 amide bonds. The van der Waals surface area contributed by atoms with Gasteiger partial charge in [0.2, 0.25) is 5.76 Å². The topological polar surface area (TPSA) is 53.7 Å². The fourth-order valence-corrected chi connectivity index (χ4v) is 2.79. The highest BCUT2D eigenvalue weighted by atomic mass is 19.4. The van der Waals surface area contributed by atoms with Gasteiger partial charge >= 0.3 is 18.0 Å². The van der Waals surface area contributed by atoms with Crippen LogP contribution < -0.4 is 4.90 Å². The monoisotopic (exact) mass is 361 g/mol. The highest BCUT2D eigenvalue weighted by Crippen LogP contribution is 2.48. The largest absolute Gasteiger partial charge is 0.455 e. The van der Waals surface area contributed by atoms with Gasteiger partial charge in [0, 0.05) is 0 Å². The predicted molar refractivity (Wildman–Crippen MR) is 75.9 cm³/mol.